The SMILES string of the molecule is S=C(NCCNC(=S)c1ccccc1)c1ccccc1. The van der Waals surface area contributed by atoms with E-state index in [1.807, 2.05) is 60.7 Å². The van der Waals surface area contributed by atoms with Crippen LogP contribution in [0.2, 0.25) is 0 Å². The van der Waals surface area contributed by atoms with E-state index in [0.717, 1.165) is 34.2 Å². The standard InChI is InChI=1S/C16H16N2S2/c19-15(13-7-3-1-4-8-13)17-11-12-18-16(20)14-9-5-2-6-10-14/h1-10H,11-12H2,(H,17,19)(H,18,20). The van der Waals surface area contributed by atoms with E-state index in [2.05, 4.69) is 10.6 Å². The maximum absolute atomic E-state index is 5.32. The summed E-state index contributed by atoms with van der Waals surface area (Å²) in [5.74, 6) is 0. The summed E-state index contributed by atoms with van der Waals surface area (Å²) in [6.07, 6.45) is 0. The monoisotopic (exact) mass is 300 g/mol. The van der Waals surface area contributed by atoms with Gasteiger partial charge in [0.15, 0.2) is 0 Å². The van der Waals surface area contributed by atoms with Gasteiger partial charge in [-0.15, -0.1) is 0 Å². The van der Waals surface area contributed by atoms with Crippen LogP contribution in [0.4, 0.5) is 0 Å². The van der Waals surface area contributed by atoms with Gasteiger partial charge in [-0.3, -0.25) is 0 Å². The first-order valence-electron chi connectivity index (χ1n) is 6.44. The fourth-order valence-electron chi connectivity index (χ4n) is 1.74. The average molecular weight is 300 g/mol. The van der Waals surface area contributed by atoms with Gasteiger partial charge in [-0.1, -0.05) is 85.1 Å². The second kappa shape index (κ2) is 7.72. The van der Waals surface area contributed by atoms with Crippen molar-refractivity contribution in [3.05, 3.63) is 71.8 Å². The van der Waals surface area contributed by atoms with Gasteiger partial charge in [0.1, 0.15) is 9.98 Å². The molecular weight excluding hydrogens is 284 g/mol. The second-order valence-electron chi connectivity index (χ2n) is 4.24. The Morgan fingerprint density at radius 1 is 0.650 bits per heavy atom. The minimum atomic E-state index is 0.737. The van der Waals surface area contributed by atoms with Crippen LogP contribution in [0.15, 0.2) is 60.7 Å². The molecule has 0 spiro atoms. The van der Waals surface area contributed by atoms with Gasteiger partial charge in [0.25, 0.3) is 0 Å². The van der Waals surface area contributed by atoms with Crippen molar-refractivity contribution < 1.29 is 0 Å². The van der Waals surface area contributed by atoms with E-state index in [9.17, 15) is 0 Å². The maximum atomic E-state index is 5.32. The van der Waals surface area contributed by atoms with Gasteiger partial charge in [-0.05, 0) is 0 Å². The fraction of sp³-hybridized carbons (Fsp3) is 0.125. The first kappa shape index (κ1) is 14.6. The van der Waals surface area contributed by atoms with Gasteiger partial charge in [-0.2, -0.15) is 0 Å². The molecule has 4 heteroatoms. The summed E-state index contributed by atoms with van der Waals surface area (Å²) < 4.78 is 0. The zero-order valence-electron chi connectivity index (χ0n) is 11.0. The van der Waals surface area contributed by atoms with E-state index >= 15 is 0 Å². The number of benzene rings is 2. The zero-order chi connectivity index (χ0) is 14.2. The zero-order valence-corrected chi connectivity index (χ0v) is 12.6. The maximum Gasteiger partial charge on any atom is 0.106 e. The molecule has 0 aromatic heterocycles. The molecule has 0 saturated heterocycles. The molecule has 0 bridgehead atoms. The first-order valence-corrected chi connectivity index (χ1v) is 7.25. The van der Waals surface area contributed by atoms with Crippen LogP contribution >= 0.6 is 24.4 Å². The normalized spacial score (nSPS) is 9.80. The molecule has 2 N–H and O–H groups in total. The van der Waals surface area contributed by atoms with E-state index in [-0.39, 0.29) is 0 Å². The van der Waals surface area contributed by atoms with Crippen LogP contribution in [0.1, 0.15) is 11.1 Å². The van der Waals surface area contributed by atoms with Crippen LogP contribution in [0, 0.1) is 0 Å². The summed E-state index contributed by atoms with van der Waals surface area (Å²) in [7, 11) is 0. The van der Waals surface area contributed by atoms with Gasteiger partial charge in [0.2, 0.25) is 0 Å². The van der Waals surface area contributed by atoms with Crippen LogP contribution in [0.25, 0.3) is 0 Å². The molecular formula is C16H16N2S2. The summed E-state index contributed by atoms with van der Waals surface area (Å²) in [5, 5.41) is 6.43. The predicted octanol–water partition coefficient (Wildman–Crippen LogP) is 2.92. The molecule has 2 aromatic carbocycles. The van der Waals surface area contributed by atoms with Crippen molar-refractivity contribution >= 4 is 34.4 Å². The Balaban J connectivity index is 1.72. The van der Waals surface area contributed by atoms with Crippen molar-refractivity contribution in [3.63, 3.8) is 0 Å². The Kier molecular flexibility index (Phi) is 5.65. The van der Waals surface area contributed by atoms with Crippen LogP contribution < -0.4 is 10.6 Å². The molecule has 0 amide bonds. The molecule has 0 fully saturated rings. The van der Waals surface area contributed by atoms with Gasteiger partial charge in [0, 0.05) is 24.2 Å². The molecule has 0 radical (unpaired) electrons. The largest absolute Gasteiger partial charge is 0.374 e. The topological polar surface area (TPSA) is 24.1 Å². The van der Waals surface area contributed by atoms with Gasteiger partial charge >= 0.3 is 0 Å². The van der Waals surface area contributed by atoms with E-state index in [0.29, 0.717) is 0 Å². The van der Waals surface area contributed by atoms with Gasteiger partial charge < -0.3 is 10.6 Å². The van der Waals surface area contributed by atoms with Crippen LogP contribution in [0.5, 0.6) is 0 Å². The van der Waals surface area contributed by atoms with Crippen molar-refractivity contribution in [2.75, 3.05) is 13.1 Å². The summed E-state index contributed by atoms with van der Waals surface area (Å²) in [4.78, 5) is 1.52. The quantitative estimate of drug-likeness (QED) is 0.655. The highest BCUT2D eigenvalue weighted by Crippen LogP contribution is 2.00. The molecule has 2 aromatic rings. The van der Waals surface area contributed by atoms with Crippen LogP contribution in [-0.4, -0.2) is 23.1 Å². The molecule has 2 nitrogen and oxygen atoms in total. The molecule has 20 heavy (non-hydrogen) atoms. The Bertz CT molecular complexity index is 514. The Hall–Kier alpha value is -1.78. The molecule has 0 heterocycles. The van der Waals surface area contributed by atoms with Crippen LogP contribution in [-0.2, 0) is 0 Å². The third kappa shape index (κ3) is 4.40. The lowest BCUT2D eigenvalue weighted by atomic mass is 10.2. The fourth-order valence-corrected chi connectivity index (χ4v) is 2.21. The smallest absolute Gasteiger partial charge is 0.106 e. The molecule has 0 saturated carbocycles. The molecule has 102 valence electrons. The molecule has 0 unspecified atom stereocenters. The van der Waals surface area contributed by atoms with Crippen molar-refractivity contribution in [2.24, 2.45) is 0 Å². The van der Waals surface area contributed by atoms with E-state index in [1.165, 1.54) is 0 Å². The van der Waals surface area contributed by atoms with E-state index in [4.69, 9.17) is 24.4 Å². The molecule has 0 atom stereocenters. The summed E-state index contributed by atoms with van der Waals surface area (Å²) in [6, 6.07) is 19.9. The highest BCUT2D eigenvalue weighted by molar-refractivity contribution is 7.81. The third-order valence-corrected chi connectivity index (χ3v) is 3.53. The lowest BCUT2D eigenvalue weighted by Gasteiger charge is -2.10. The summed E-state index contributed by atoms with van der Waals surface area (Å²) in [6.45, 7) is 1.47. The number of thiocarbonyl (C=S) groups is 2. The summed E-state index contributed by atoms with van der Waals surface area (Å²) >= 11 is 10.6. The van der Waals surface area contributed by atoms with E-state index in [1.54, 1.807) is 0 Å². The first-order chi connectivity index (χ1) is 9.77. The number of hydrogen-bond acceptors (Lipinski definition) is 2. The van der Waals surface area contributed by atoms with Gasteiger partial charge in [-0.25, -0.2) is 0 Å². The lowest BCUT2D eigenvalue weighted by Crippen LogP contribution is -2.33. The van der Waals surface area contributed by atoms with Crippen molar-refractivity contribution in [2.45, 2.75) is 0 Å². The van der Waals surface area contributed by atoms with Crippen molar-refractivity contribution in [3.8, 4) is 0 Å². The summed E-state index contributed by atoms with van der Waals surface area (Å²) in [5.41, 5.74) is 2.07. The molecule has 0 aliphatic carbocycles. The highest BCUT2D eigenvalue weighted by Gasteiger charge is 2.00. The second-order valence-corrected chi connectivity index (χ2v) is 5.06. The Morgan fingerprint density at radius 3 is 1.35 bits per heavy atom. The minimum absolute atomic E-state index is 0.737. The Labute approximate surface area is 130 Å². The van der Waals surface area contributed by atoms with Crippen molar-refractivity contribution in [1.29, 1.82) is 0 Å². The van der Waals surface area contributed by atoms with Crippen molar-refractivity contribution in [1.82, 2.24) is 10.6 Å². The number of rotatable bonds is 5. The number of hydrogen-bond donors (Lipinski definition) is 2. The van der Waals surface area contributed by atoms with E-state index < -0.39 is 0 Å². The highest BCUT2D eigenvalue weighted by atomic mass is 32.1. The molecule has 0 aliphatic rings. The average Bonchev–Trinajstić information content (AvgIpc) is 2.53. The van der Waals surface area contributed by atoms with Gasteiger partial charge in [0.05, 0.1) is 0 Å². The third-order valence-electron chi connectivity index (χ3n) is 2.77. The molecule has 0 aliphatic heterocycles. The molecule has 2 rings (SSSR count). The lowest BCUT2D eigenvalue weighted by molar-refractivity contribution is 0.823. The predicted molar refractivity (Wildman–Crippen MR) is 92.3 cm³/mol. The Morgan fingerprint density at radius 2 is 1.00 bits per heavy atom. The van der Waals surface area contributed by atoms with Crippen LogP contribution in [0.3, 0.4) is 0 Å². The minimum Gasteiger partial charge on any atom is -0.374 e. The number of nitrogens with one attached hydrogen (secondary N) is 2.